The van der Waals surface area contributed by atoms with Gasteiger partial charge in [0, 0.05) is 29.9 Å². The first kappa shape index (κ1) is 39.5. The largest absolute Gasteiger partial charge is 0.453 e. The molecule has 4 heterocycles. The summed E-state index contributed by atoms with van der Waals surface area (Å²) in [5.41, 5.74) is 6.50. The molecule has 2 fully saturated rings. The third kappa shape index (κ3) is 7.83. The maximum Gasteiger partial charge on any atom is 0.407 e. The molecule has 3 aliphatic rings. The number of amides is 4. The second kappa shape index (κ2) is 16.4. The topological polar surface area (TPSA) is 175 Å². The highest BCUT2D eigenvalue weighted by Crippen LogP contribution is 2.39. The molecule has 2 aromatic carbocycles. The van der Waals surface area contributed by atoms with Gasteiger partial charge in [-0.3, -0.25) is 9.59 Å². The molecule has 2 aromatic heterocycles. The standard InChI is InChI=1S/C42H51FN8O6/c1-22(2)34(48-41(54)56-5)39(52)50-17-7-9-32(50)37-44-21-31(46-37)28-15-12-25(20-29(28)43)24-11-14-27-26(19-24)13-16-30-36(27)47-38(45-30)33-10-8-18-51(33)40(53)35(23(3)4)49-42(55)57-6/h11-12,14-15,19-23,32-35H,7-10,13,16-18H2,1-6H3,(H,44,46)(H,45,47)(H,48,54)(H,49,55)/t32-,33-,34-,35?/m0/s1. The average molecular weight is 783 g/mol. The Labute approximate surface area is 331 Å². The first-order valence-corrected chi connectivity index (χ1v) is 19.8. The summed E-state index contributed by atoms with van der Waals surface area (Å²) in [6.45, 7) is 8.62. The van der Waals surface area contributed by atoms with E-state index >= 15 is 4.39 Å². The van der Waals surface area contributed by atoms with E-state index in [1.807, 2.05) is 50.8 Å². The van der Waals surface area contributed by atoms with Gasteiger partial charge in [-0.25, -0.2) is 23.9 Å². The van der Waals surface area contributed by atoms with E-state index in [1.54, 1.807) is 17.2 Å². The Morgan fingerprint density at radius 3 is 1.89 bits per heavy atom. The van der Waals surface area contributed by atoms with Gasteiger partial charge in [-0.05, 0) is 79.2 Å². The molecular formula is C42H51FN8O6. The summed E-state index contributed by atoms with van der Waals surface area (Å²) in [4.78, 5) is 71.2. The van der Waals surface area contributed by atoms with Crippen LogP contribution in [-0.2, 0) is 31.9 Å². The van der Waals surface area contributed by atoms with E-state index in [1.165, 1.54) is 20.3 Å². The molecule has 4 atom stereocenters. The second-order valence-electron chi connectivity index (χ2n) is 15.8. The van der Waals surface area contributed by atoms with Crippen molar-refractivity contribution in [2.24, 2.45) is 11.8 Å². The molecule has 0 spiro atoms. The van der Waals surface area contributed by atoms with Crippen LogP contribution in [0.2, 0.25) is 0 Å². The van der Waals surface area contributed by atoms with Crippen LogP contribution in [0.3, 0.4) is 0 Å². The third-order valence-electron chi connectivity index (χ3n) is 11.5. The van der Waals surface area contributed by atoms with Crippen LogP contribution in [0.5, 0.6) is 0 Å². The predicted octanol–water partition coefficient (Wildman–Crippen LogP) is 6.46. The quantitative estimate of drug-likeness (QED) is 0.142. The van der Waals surface area contributed by atoms with E-state index in [0.29, 0.717) is 36.6 Å². The Balaban J connectivity index is 1.07. The molecule has 57 heavy (non-hydrogen) atoms. The van der Waals surface area contributed by atoms with Crippen molar-refractivity contribution in [1.82, 2.24) is 40.4 Å². The van der Waals surface area contributed by atoms with Crippen LogP contribution in [-0.4, -0.2) is 93.1 Å². The number of methoxy groups -OCH3 is 2. The summed E-state index contributed by atoms with van der Waals surface area (Å²) in [5.74, 6) is 0.266. The van der Waals surface area contributed by atoms with Crippen LogP contribution in [0.25, 0.3) is 33.6 Å². The van der Waals surface area contributed by atoms with Gasteiger partial charge >= 0.3 is 12.2 Å². The molecule has 0 bridgehead atoms. The number of aromatic amines is 2. The van der Waals surface area contributed by atoms with Gasteiger partial charge in [-0.15, -0.1) is 0 Å². The monoisotopic (exact) mass is 782 g/mol. The Morgan fingerprint density at radius 1 is 0.772 bits per heavy atom. The molecule has 302 valence electrons. The lowest BCUT2D eigenvalue weighted by Crippen LogP contribution is -2.51. The van der Waals surface area contributed by atoms with Crippen molar-refractivity contribution in [3.05, 3.63) is 71.3 Å². The first-order chi connectivity index (χ1) is 27.4. The summed E-state index contributed by atoms with van der Waals surface area (Å²) in [7, 11) is 2.55. The summed E-state index contributed by atoms with van der Waals surface area (Å²) in [5, 5.41) is 5.36. The number of H-pyrrole nitrogens is 2. The zero-order valence-corrected chi connectivity index (χ0v) is 33.3. The maximum atomic E-state index is 15.9. The third-order valence-corrected chi connectivity index (χ3v) is 11.5. The van der Waals surface area contributed by atoms with Crippen molar-refractivity contribution in [3.8, 4) is 33.6 Å². The lowest BCUT2D eigenvalue weighted by molar-refractivity contribution is -0.136. The number of benzene rings is 2. The Morgan fingerprint density at radius 2 is 1.33 bits per heavy atom. The smallest absolute Gasteiger partial charge is 0.407 e. The summed E-state index contributed by atoms with van der Waals surface area (Å²) >= 11 is 0. The second-order valence-corrected chi connectivity index (χ2v) is 15.8. The molecule has 0 radical (unpaired) electrons. The van der Waals surface area contributed by atoms with E-state index < -0.39 is 30.1 Å². The molecule has 7 rings (SSSR count). The van der Waals surface area contributed by atoms with Gasteiger partial charge in [0.2, 0.25) is 11.8 Å². The number of nitrogens with zero attached hydrogens (tertiary/aromatic N) is 4. The van der Waals surface area contributed by atoms with Crippen LogP contribution >= 0.6 is 0 Å². The Hall–Kier alpha value is -5.73. The minimum absolute atomic E-state index is 0.124. The molecule has 1 unspecified atom stereocenters. The van der Waals surface area contributed by atoms with Gasteiger partial charge in [0.15, 0.2) is 0 Å². The number of imidazole rings is 2. The molecule has 4 N–H and O–H groups in total. The van der Waals surface area contributed by atoms with Crippen molar-refractivity contribution in [2.75, 3.05) is 27.3 Å². The van der Waals surface area contributed by atoms with E-state index in [-0.39, 0.29) is 35.7 Å². The lowest BCUT2D eigenvalue weighted by Gasteiger charge is -2.30. The van der Waals surface area contributed by atoms with Gasteiger partial charge in [0.25, 0.3) is 0 Å². The zero-order valence-electron chi connectivity index (χ0n) is 33.3. The van der Waals surface area contributed by atoms with Crippen LogP contribution < -0.4 is 10.6 Å². The first-order valence-electron chi connectivity index (χ1n) is 19.8. The predicted molar refractivity (Wildman–Crippen MR) is 210 cm³/mol. The van der Waals surface area contributed by atoms with Gasteiger partial charge in [-0.2, -0.15) is 0 Å². The van der Waals surface area contributed by atoms with Crippen molar-refractivity contribution in [2.45, 2.75) is 90.4 Å². The number of halogens is 1. The molecule has 4 aromatic rings. The number of ether oxygens (including phenoxy) is 2. The number of nitrogens with one attached hydrogen (secondary N) is 4. The van der Waals surface area contributed by atoms with Crippen LogP contribution in [0.1, 0.15) is 88.4 Å². The number of aryl methyl sites for hydroxylation is 2. The minimum Gasteiger partial charge on any atom is -0.453 e. The number of hydrogen-bond donors (Lipinski definition) is 4. The fourth-order valence-corrected chi connectivity index (χ4v) is 8.40. The Bertz CT molecular complexity index is 2160. The number of alkyl carbamates (subject to hydrolysis) is 2. The van der Waals surface area contributed by atoms with E-state index in [9.17, 15) is 19.2 Å². The molecule has 14 nitrogen and oxygen atoms in total. The van der Waals surface area contributed by atoms with E-state index in [4.69, 9.17) is 14.5 Å². The van der Waals surface area contributed by atoms with Crippen LogP contribution in [0, 0.1) is 17.7 Å². The number of carbonyl (C=O) groups excluding carboxylic acids is 4. The van der Waals surface area contributed by atoms with Gasteiger partial charge in [0.05, 0.1) is 43.9 Å². The zero-order chi connectivity index (χ0) is 40.5. The highest BCUT2D eigenvalue weighted by Gasteiger charge is 2.39. The van der Waals surface area contributed by atoms with Crippen molar-refractivity contribution in [3.63, 3.8) is 0 Å². The van der Waals surface area contributed by atoms with Crippen molar-refractivity contribution < 1.29 is 33.0 Å². The minimum atomic E-state index is -0.748. The molecule has 4 amide bonds. The van der Waals surface area contributed by atoms with Crippen LogP contribution in [0.15, 0.2) is 42.6 Å². The molecule has 1 aliphatic carbocycles. The Kier molecular flexibility index (Phi) is 11.4. The number of likely N-dealkylation sites (tertiary alicyclic amines) is 2. The van der Waals surface area contributed by atoms with Crippen molar-refractivity contribution >= 4 is 24.0 Å². The van der Waals surface area contributed by atoms with Crippen LogP contribution in [0.4, 0.5) is 14.0 Å². The maximum absolute atomic E-state index is 15.9. The fraction of sp³-hybridized carbons (Fsp3) is 0.476. The summed E-state index contributed by atoms with van der Waals surface area (Å²) < 4.78 is 25.4. The molecular weight excluding hydrogens is 732 g/mol. The summed E-state index contributed by atoms with van der Waals surface area (Å²) in [6, 6.07) is 9.25. The lowest BCUT2D eigenvalue weighted by atomic mass is 9.89. The molecule has 2 saturated heterocycles. The average Bonchev–Trinajstić information content (AvgIpc) is 4.04. The molecule has 15 heteroatoms. The SMILES string of the molecule is COC(=O)NC(C(=O)N1CCC[C@H]1c1nc2c([nH]1)CCc1cc(-c3ccc(-c4cnc([C@@H]5CCCN5C(=O)[C@@H](NC(=O)OC)C(C)C)[nH]4)c(F)c3)ccc1-2)C(C)C. The number of rotatable bonds is 10. The van der Waals surface area contributed by atoms with Crippen molar-refractivity contribution in [1.29, 1.82) is 0 Å². The molecule has 0 saturated carbocycles. The van der Waals surface area contributed by atoms with Gasteiger partial charge in [0.1, 0.15) is 29.5 Å². The fourth-order valence-electron chi connectivity index (χ4n) is 8.40. The van der Waals surface area contributed by atoms with E-state index in [2.05, 4.69) is 31.7 Å². The number of carbonyl (C=O) groups is 4. The normalized spacial score (nSPS) is 18.6. The highest BCUT2D eigenvalue weighted by atomic mass is 19.1. The van der Waals surface area contributed by atoms with E-state index in [0.717, 1.165) is 71.6 Å². The highest BCUT2D eigenvalue weighted by molar-refractivity contribution is 5.87. The number of aromatic nitrogens is 4. The van der Waals surface area contributed by atoms with Gasteiger partial charge < -0.3 is 39.9 Å². The summed E-state index contributed by atoms with van der Waals surface area (Å²) in [6.07, 6.45) is 4.88. The van der Waals surface area contributed by atoms with Gasteiger partial charge in [-0.1, -0.05) is 52.0 Å². The number of fused-ring (bicyclic) bond motifs is 3. The molecule has 2 aliphatic heterocycles. The number of hydrogen-bond acceptors (Lipinski definition) is 8.